The van der Waals surface area contributed by atoms with Crippen LogP contribution in [0.4, 0.5) is 0 Å². The number of ketones is 1. The molecule has 0 N–H and O–H groups in total. The Morgan fingerprint density at radius 3 is 1.57 bits per heavy atom. The van der Waals surface area contributed by atoms with Crippen LogP contribution in [0.5, 0.6) is 0 Å². The Hall–Kier alpha value is -3.71. The van der Waals surface area contributed by atoms with E-state index in [1.54, 1.807) is 0 Å². The molecule has 0 aliphatic carbocycles. The number of aryl methyl sites for hydroxylation is 2. The molecule has 0 bridgehead atoms. The molecule has 0 amide bonds. The summed E-state index contributed by atoms with van der Waals surface area (Å²) in [6.07, 6.45) is 2.18. The number of carbonyl (C=O) groups is 1. The molecule has 1 nitrogen and oxygen atoms in total. The first-order valence-electron chi connectivity index (χ1n) is 10.2. The van der Waals surface area contributed by atoms with Gasteiger partial charge in [-0.3, -0.25) is 4.79 Å². The summed E-state index contributed by atoms with van der Waals surface area (Å²) in [5, 5.41) is 0. The van der Waals surface area contributed by atoms with E-state index < -0.39 is 0 Å². The lowest BCUT2D eigenvalue weighted by atomic mass is 9.93. The van der Waals surface area contributed by atoms with Gasteiger partial charge in [0.05, 0.1) is 0 Å². The van der Waals surface area contributed by atoms with E-state index in [9.17, 15) is 4.79 Å². The lowest BCUT2D eigenvalue weighted by molar-refractivity contribution is 0.103. The second-order valence-electron chi connectivity index (χ2n) is 7.51. The van der Waals surface area contributed by atoms with Crippen LogP contribution < -0.4 is 0 Å². The quantitative estimate of drug-likeness (QED) is 0.263. The predicted octanol–water partition coefficient (Wildman–Crippen LogP) is 7.12. The van der Waals surface area contributed by atoms with E-state index in [0.29, 0.717) is 5.56 Å². The van der Waals surface area contributed by atoms with Crippen molar-refractivity contribution in [1.82, 2.24) is 0 Å². The Balaban J connectivity index is 1.70. The van der Waals surface area contributed by atoms with Gasteiger partial charge >= 0.3 is 0 Å². The highest BCUT2D eigenvalue weighted by molar-refractivity contribution is 6.11. The number of benzene rings is 4. The maximum Gasteiger partial charge on any atom is 0.193 e. The standard InChI is InChI=1S/C29H24O/c1-21-10-9-11-22(2)28(21)29(30)26-18-16-23(17-19-26)20-27(24-12-5-3-6-13-24)25-14-7-4-8-15-25/h3-20H,1-2H3. The third kappa shape index (κ3) is 4.16. The van der Waals surface area contributed by atoms with Gasteiger partial charge in [-0.1, -0.05) is 103 Å². The van der Waals surface area contributed by atoms with Crippen molar-refractivity contribution in [3.63, 3.8) is 0 Å². The number of hydrogen-bond donors (Lipinski definition) is 0. The first-order chi connectivity index (χ1) is 14.6. The van der Waals surface area contributed by atoms with Gasteiger partial charge in [0, 0.05) is 11.1 Å². The van der Waals surface area contributed by atoms with Crippen LogP contribution in [0, 0.1) is 13.8 Å². The molecule has 0 aromatic heterocycles. The smallest absolute Gasteiger partial charge is 0.193 e. The Kier molecular flexibility index (Phi) is 5.72. The van der Waals surface area contributed by atoms with Crippen molar-refractivity contribution >= 4 is 17.4 Å². The second-order valence-corrected chi connectivity index (χ2v) is 7.51. The zero-order valence-corrected chi connectivity index (χ0v) is 17.3. The van der Waals surface area contributed by atoms with Crippen molar-refractivity contribution < 1.29 is 4.79 Å². The monoisotopic (exact) mass is 388 g/mol. The van der Waals surface area contributed by atoms with Crippen molar-refractivity contribution in [1.29, 1.82) is 0 Å². The molecule has 0 saturated carbocycles. The Morgan fingerprint density at radius 2 is 1.07 bits per heavy atom. The second kappa shape index (κ2) is 8.75. The van der Waals surface area contributed by atoms with Gasteiger partial charge in [-0.2, -0.15) is 0 Å². The minimum atomic E-state index is 0.0764. The molecule has 0 atom stereocenters. The highest BCUT2D eigenvalue weighted by atomic mass is 16.1. The predicted molar refractivity (Wildman–Crippen MR) is 126 cm³/mol. The third-order valence-electron chi connectivity index (χ3n) is 5.36. The highest BCUT2D eigenvalue weighted by Gasteiger charge is 2.14. The van der Waals surface area contributed by atoms with Crippen LogP contribution in [0.1, 0.15) is 43.7 Å². The average Bonchev–Trinajstić information content (AvgIpc) is 2.79. The molecule has 0 aliphatic rings. The molecule has 0 heterocycles. The maximum absolute atomic E-state index is 13.0. The number of hydrogen-bond acceptors (Lipinski definition) is 1. The fourth-order valence-corrected chi connectivity index (χ4v) is 3.78. The molecule has 0 saturated heterocycles. The van der Waals surface area contributed by atoms with E-state index in [-0.39, 0.29) is 5.78 Å². The van der Waals surface area contributed by atoms with Gasteiger partial charge in [-0.05, 0) is 53.3 Å². The van der Waals surface area contributed by atoms with Crippen LogP contribution in [0.15, 0.2) is 103 Å². The van der Waals surface area contributed by atoms with Crippen LogP contribution >= 0.6 is 0 Å². The molecule has 4 aromatic carbocycles. The van der Waals surface area contributed by atoms with Gasteiger partial charge in [0.15, 0.2) is 5.78 Å². The molecule has 0 unspecified atom stereocenters. The van der Waals surface area contributed by atoms with Crippen molar-refractivity contribution in [3.05, 3.63) is 142 Å². The van der Waals surface area contributed by atoms with Crippen LogP contribution in [0.25, 0.3) is 11.6 Å². The zero-order chi connectivity index (χ0) is 20.9. The fraction of sp³-hybridized carbons (Fsp3) is 0.0690. The van der Waals surface area contributed by atoms with E-state index in [1.807, 2.05) is 68.4 Å². The summed E-state index contributed by atoms with van der Waals surface area (Å²) in [5.74, 6) is 0.0764. The molecule has 1 heteroatoms. The summed E-state index contributed by atoms with van der Waals surface area (Å²) >= 11 is 0. The lowest BCUT2D eigenvalue weighted by Gasteiger charge is -2.10. The Bertz CT molecular complexity index is 1120. The molecule has 0 fully saturated rings. The third-order valence-corrected chi connectivity index (χ3v) is 5.36. The topological polar surface area (TPSA) is 17.1 Å². The molecular formula is C29H24O. The van der Waals surface area contributed by atoms with Crippen LogP contribution in [0.2, 0.25) is 0 Å². The minimum absolute atomic E-state index is 0.0764. The van der Waals surface area contributed by atoms with E-state index in [1.165, 1.54) is 11.1 Å². The number of carbonyl (C=O) groups excluding carboxylic acids is 1. The molecule has 4 aromatic rings. The van der Waals surface area contributed by atoms with E-state index in [0.717, 1.165) is 27.8 Å². The van der Waals surface area contributed by atoms with Crippen molar-refractivity contribution in [2.24, 2.45) is 0 Å². The molecular weight excluding hydrogens is 364 g/mol. The highest BCUT2D eigenvalue weighted by Crippen LogP contribution is 2.26. The van der Waals surface area contributed by atoms with Gasteiger partial charge in [0.1, 0.15) is 0 Å². The average molecular weight is 389 g/mol. The molecule has 0 spiro atoms. The van der Waals surface area contributed by atoms with Gasteiger partial charge in [-0.25, -0.2) is 0 Å². The van der Waals surface area contributed by atoms with E-state index >= 15 is 0 Å². The first kappa shape index (κ1) is 19.6. The lowest BCUT2D eigenvalue weighted by Crippen LogP contribution is -2.06. The van der Waals surface area contributed by atoms with E-state index in [2.05, 4.69) is 54.6 Å². The minimum Gasteiger partial charge on any atom is -0.289 e. The van der Waals surface area contributed by atoms with Crippen LogP contribution in [0.3, 0.4) is 0 Å². The van der Waals surface area contributed by atoms with Gasteiger partial charge in [-0.15, -0.1) is 0 Å². The van der Waals surface area contributed by atoms with Gasteiger partial charge in [0.25, 0.3) is 0 Å². The Morgan fingerprint density at radius 1 is 0.567 bits per heavy atom. The normalized spacial score (nSPS) is 10.5. The summed E-state index contributed by atoms with van der Waals surface area (Å²) in [6, 6.07) is 34.6. The van der Waals surface area contributed by atoms with Gasteiger partial charge in [0.2, 0.25) is 0 Å². The summed E-state index contributed by atoms with van der Waals surface area (Å²) in [4.78, 5) is 13.0. The molecule has 30 heavy (non-hydrogen) atoms. The van der Waals surface area contributed by atoms with Crippen molar-refractivity contribution in [2.45, 2.75) is 13.8 Å². The van der Waals surface area contributed by atoms with Gasteiger partial charge < -0.3 is 0 Å². The van der Waals surface area contributed by atoms with Crippen LogP contribution in [-0.4, -0.2) is 5.78 Å². The van der Waals surface area contributed by atoms with E-state index in [4.69, 9.17) is 0 Å². The molecule has 4 rings (SSSR count). The molecule has 146 valence electrons. The Labute approximate surface area is 178 Å². The summed E-state index contributed by atoms with van der Waals surface area (Å²) in [7, 11) is 0. The van der Waals surface area contributed by atoms with Crippen molar-refractivity contribution in [2.75, 3.05) is 0 Å². The maximum atomic E-state index is 13.0. The SMILES string of the molecule is Cc1cccc(C)c1C(=O)c1ccc(C=C(c2ccccc2)c2ccccc2)cc1. The first-order valence-corrected chi connectivity index (χ1v) is 10.2. The molecule has 0 radical (unpaired) electrons. The van der Waals surface area contributed by atoms with Crippen LogP contribution in [-0.2, 0) is 0 Å². The fourth-order valence-electron chi connectivity index (χ4n) is 3.78. The summed E-state index contributed by atoms with van der Waals surface area (Å²) < 4.78 is 0. The number of rotatable bonds is 5. The van der Waals surface area contributed by atoms with Crippen molar-refractivity contribution in [3.8, 4) is 0 Å². The largest absolute Gasteiger partial charge is 0.289 e. The summed E-state index contributed by atoms with van der Waals surface area (Å²) in [6.45, 7) is 3.98. The molecule has 0 aliphatic heterocycles. The zero-order valence-electron chi connectivity index (χ0n) is 17.3. The summed E-state index contributed by atoms with van der Waals surface area (Å²) in [5.41, 5.74) is 8.10.